The molecule has 2 aliphatic heterocycles. The average Bonchev–Trinajstić information content (AvgIpc) is 2.56. The van der Waals surface area contributed by atoms with Crippen LogP contribution in [0.1, 0.15) is 33.6 Å². The molecule has 0 aromatic heterocycles. The maximum Gasteiger partial charge on any atom is 0.325 e. The lowest BCUT2D eigenvalue weighted by Crippen LogP contribution is -2.49. The van der Waals surface area contributed by atoms with Gasteiger partial charge < -0.3 is 10.6 Å². The molecule has 5 nitrogen and oxygen atoms in total. The van der Waals surface area contributed by atoms with Gasteiger partial charge in [-0.3, -0.25) is 9.69 Å². The van der Waals surface area contributed by atoms with Crippen LogP contribution in [0.15, 0.2) is 0 Å². The van der Waals surface area contributed by atoms with Gasteiger partial charge in [-0.15, -0.1) is 0 Å². The fourth-order valence-electron chi connectivity index (χ4n) is 2.61. The number of imide groups is 1. The van der Waals surface area contributed by atoms with E-state index in [1.165, 1.54) is 4.90 Å². The lowest BCUT2D eigenvalue weighted by molar-refractivity contribution is -0.132. The molecule has 2 aliphatic rings. The quantitative estimate of drug-likeness (QED) is 0.736. The number of rotatable bonds is 3. The standard InChI is InChI=1S/C13H23N3O2/c1-9(2)13(3)11(17)16(12(18)15-13)8-10-5-4-6-14-7-10/h9-10,14H,4-8H2,1-3H3,(H,15,18). The van der Waals surface area contributed by atoms with E-state index in [1.54, 1.807) is 0 Å². The first-order valence-corrected chi connectivity index (χ1v) is 6.80. The average molecular weight is 253 g/mol. The van der Waals surface area contributed by atoms with Crippen LogP contribution < -0.4 is 10.6 Å². The van der Waals surface area contributed by atoms with Gasteiger partial charge in [-0.25, -0.2) is 4.79 Å². The molecule has 0 saturated carbocycles. The summed E-state index contributed by atoms with van der Waals surface area (Å²) in [4.78, 5) is 25.7. The molecule has 5 heteroatoms. The molecule has 18 heavy (non-hydrogen) atoms. The molecule has 2 saturated heterocycles. The first-order valence-electron chi connectivity index (χ1n) is 6.80. The Balaban J connectivity index is 2.05. The maximum absolute atomic E-state index is 12.4. The van der Waals surface area contributed by atoms with Crippen LogP contribution in [0.3, 0.4) is 0 Å². The van der Waals surface area contributed by atoms with E-state index in [1.807, 2.05) is 20.8 Å². The molecule has 0 aliphatic carbocycles. The van der Waals surface area contributed by atoms with E-state index in [2.05, 4.69) is 10.6 Å². The van der Waals surface area contributed by atoms with Gasteiger partial charge in [0.1, 0.15) is 5.54 Å². The molecule has 0 bridgehead atoms. The molecular formula is C13H23N3O2. The second kappa shape index (κ2) is 4.88. The molecule has 3 amide bonds. The highest BCUT2D eigenvalue weighted by atomic mass is 16.2. The van der Waals surface area contributed by atoms with Crippen molar-refractivity contribution in [3.63, 3.8) is 0 Å². The van der Waals surface area contributed by atoms with Crippen LogP contribution in [0.4, 0.5) is 4.79 Å². The largest absolute Gasteiger partial charge is 0.325 e. The van der Waals surface area contributed by atoms with Crippen molar-refractivity contribution in [1.82, 2.24) is 15.5 Å². The third-order valence-electron chi connectivity index (χ3n) is 4.30. The summed E-state index contributed by atoms with van der Waals surface area (Å²) in [7, 11) is 0. The SMILES string of the molecule is CC(C)C1(C)NC(=O)N(CC2CCCNC2)C1=O. The van der Waals surface area contributed by atoms with E-state index in [0.29, 0.717) is 12.5 Å². The van der Waals surface area contributed by atoms with Crippen LogP contribution in [0.5, 0.6) is 0 Å². The molecule has 0 radical (unpaired) electrons. The third-order valence-corrected chi connectivity index (χ3v) is 4.30. The highest BCUT2D eigenvalue weighted by Crippen LogP contribution is 2.26. The van der Waals surface area contributed by atoms with E-state index >= 15 is 0 Å². The number of piperidine rings is 1. The number of nitrogens with zero attached hydrogens (tertiary/aromatic N) is 1. The molecule has 0 aromatic rings. The number of urea groups is 1. The molecule has 102 valence electrons. The van der Waals surface area contributed by atoms with E-state index in [4.69, 9.17) is 0 Å². The Bertz CT molecular complexity index is 350. The first kappa shape index (κ1) is 13.3. The number of hydrogen-bond donors (Lipinski definition) is 2. The Labute approximate surface area is 108 Å². The van der Waals surface area contributed by atoms with Gasteiger partial charge in [-0.05, 0) is 44.7 Å². The first-order chi connectivity index (χ1) is 8.45. The van der Waals surface area contributed by atoms with Crippen molar-refractivity contribution in [2.24, 2.45) is 11.8 Å². The molecule has 2 heterocycles. The number of carbonyl (C=O) groups excluding carboxylic acids is 2. The van der Waals surface area contributed by atoms with Gasteiger partial charge in [0.05, 0.1) is 0 Å². The lowest BCUT2D eigenvalue weighted by atomic mass is 9.88. The minimum atomic E-state index is -0.737. The van der Waals surface area contributed by atoms with Gasteiger partial charge in [0.25, 0.3) is 5.91 Å². The Morgan fingerprint density at radius 1 is 1.44 bits per heavy atom. The van der Waals surface area contributed by atoms with Crippen molar-refractivity contribution >= 4 is 11.9 Å². The van der Waals surface area contributed by atoms with Gasteiger partial charge >= 0.3 is 6.03 Å². The van der Waals surface area contributed by atoms with Gasteiger partial charge in [-0.1, -0.05) is 13.8 Å². The molecule has 2 fully saturated rings. The monoisotopic (exact) mass is 253 g/mol. The van der Waals surface area contributed by atoms with Crippen molar-refractivity contribution in [3.05, 3.63) is 0 Å². The van der Waals surface area contributed by atoms with Crippen molar-refractivity contribution in [3.8, 4) is 0 Å². The molecular weight excluding hydrogens is 230 g/mol. The zero-order valence-electron chi connectivity index (χ0n) is 11.5. The van der Waals surface area contributed by atoms with Crippen LogP contribution in [0.2, 0.25) is 0 Å². The Kier molecular flexibility index (Phi) is 3.61. The zero-order chi connectivity index (χ0) is 13.3. The molecule has 2 N–H and O–H groups in total. The summed E-state index contributed by atoms with van der Waals surface area (Å²) in [6.45, 7) is 8.22. The van der Waals surface area contributed by atoms with Crippen LogP contribution in [0, 0.1) is 11.8 Å². The van der Waals surface area contributed by atoms with Gasteiger partial charge in [0.2, 0.25) is 0 Å². The minimum absolute atomic E-state index is 0.0759. The summed E-state index contributed by atoms with van der Waals surface area (Å²) >= 11 is 0. The second-order valence-corrected chi connectivity index (χ2v) is 5.92. The van der Waals surface area contributed by atoms with Gasteiger partial charge in [-0.2, -0.15) is 0 Å². The van der Waals surface area contributed by atoms with Gasteiger partial charge in [0.15, 0.2) is 0 Å². The second-order valence-electron chi connectivity index (χ2n) is 5.92. The molecule has 2 atom stereocenters. The highest BCUT2D eigenvalue weighted by molar-refractivity contribution is 6.06. The fourth-order valence-corrected chi connectivity index (χ4v) is 2.61. The number of carbonyl (C=O) groups is 2. The van der Waals surface area contributed by atoms with Crippen molar-refractivity contribution < 1.29 is 9.59 Å². The van der Waals surface area contributed by atoms with E-state index in [9.17, 15) is 9.59 Å². The Morgan fingerprint density at radius 3 is 2.67 bits per heavy atom. The van der Waals surface area contributed by atoms with Crippen LogP contribution in [0.25, 0.3) is 0 Å². The highest BCUT2D eigenvalue weighted by Gasteiger charge is 2.49. The third kappa shape index (κ3) is 2.23. The Morgan fingerprint density at radius 2 is 2.17 bits per heavy atom. The fraction of sp³-hybridized carbons (Fsp3) is 0.846. The summed E-state index contributed by atoms with van der Waals surface area (Å²) < 4.78 is 0. The topological polar surface area (TPSA) is 61.4 Å². The van der Waals surface area contributed by atoms with Crippen LogP contribution in [-0.2, 0) is 4.79 Å². The zero-order valence-corrected chi connectivity index (χ0v) is 11.5. The number of hydrogen-bond acceptors (Lipinski definition) is 3. The number of amides is 3. The summed E-state index contributed by atoms with van der Waals surface area (Å²) in [5.41, 5.74) is -0.737. The van der Waals surface area contributed by atoms with Crippen molar-refractivity contribution in [2.45, 2.75) is 39.2 Å². The van der Waals surface area contributed by atoms with E-state index < -0.39 is 5.54 Å². The summed E-state index contributed by atoms with van der Waals surface area (Å²) in [5, 5.41) is 6.15. The molecule has 0 aromatic carbocycles. The smallest absolute Gasteiger partial charge is 0.323 e. The normalized spacial score (nSPS) is 33.1. The molecule has 0 spiro atoms. The van der Waals surface area contributed by atoms with Gasteiger partial charge in [0, 0.05) is 6.54 Å². The predicted molar refractivity (Wildman–Crippen MR) is 69.1 cm³/mol. The Hall–Kier alpha value is -1.10. The molecule has 2 unspecified atom stereocenters. The summed E-state index contributed by atoms with van der Waals surface area (Å²) in [5.74, 6) is 0.416. The van der Waals surface area contributed by atoms with Crippen molar-refractivity contribution in [1.29, 1.82) is 0 Å². The van der Waals surface area contributed by atoms with E-state index in [0.717, 1.165) is 25.9 Å². The predicted octanol–water partition coefficient (Wildman–Crippen LogP) is 0.952. The summed E-state index contributed by atoms with van der Waals surface area (Å²) in [6, 6.07) is -0.234. The van der Waals surface area contributed by atoms with E-state index in [-0.39, 0.29) is 17.9 Å². The summed E-state index contributed by atoms with van der Waals surface area (Å²) in [6.07, 6.45) is 2.21. The van der Waals surface area contributed by atoms with Crippen LogP contribution >= 0.6 is 0 Å². The van der Waals surface area contributed by atoms with Crippen molar-refractivity contribution in [2.75, 3.05) is 19.6 Å². The van der Waals surface area contributed by atoms with Crippen LogP contribution in [-0.4, -0.2) is 42.0 Å². The minimum Gasteiger partial charge on any atom is -0.323 e. The molecule has 2 rings (SSSR count). The maximum atomic E-state index is 12.4. The number of nitrogens with one attached hydrogen (secondary N) is 2. The lowest BCUT2D eigenvalue weighted by Gasteiger charge is -2.28.